The maximum atomic E-state index is 2.34. The van der Waals surface area contributed by atoms with Gasteiger partial charge in [-0.15, -0.1) is 0 Å². The summed E-state index contributed by atoms with van der Waals surface area (Å²) >= 11 is 0. The molecule has 0 aromatic carbocycles. The normalized spacial score (nSPS) is 23.1. The number of hydrogen-bond donors (Lipinski definition) is 0. The van der Waals surface area contributed by atoms with Gasteiger partial charge in [0.05, 0.1) is 0 Å². The molecule has 0 aliphatic heterocycles. The fraction of sp³-hybridized carbons (Fsp3) is 0.455. The van der Waals surface area contributed by atoms with Crippen molar-refractivity contribution in [2.45, 2.75) is 26.7 Å². The third kappa shape index (κ3) is 2.75. The van der Waals surface area contributed by atoms with Crippen LogP contribution < -0.4 is 0 Å². The van der Waals surface area contributed by atoms with Gasteiger partial charge in [-0.2, -0.15) is 0 Å². The first-order chi connectivity index (χ1) is 5.33. The van der Waals surface area contributed by atoms with E-state index < -0.39 is 0 Å². The molecule has 0 amide bonds. The van der Waals surface area contributed by atoms with Crippen LogP contribution in [0.25, 0.3) is 0 Å². The fourth-order valence-corrected chi connectivity index (χ4v) is 1.38. The van der Waals surface area contributed by atoms with E-state index in [1.165, 1.54) is 18.4 Å². The molecule has 60 valence electrons. The van der Waals surface area contributed by atoms with Crippen LogP contribution in [0.2, 0.25) is 0 Å². The minimum atomic E-state index is 0.662. The molecule has 0 aromatic rings. The zero-order valence-corrected chi connectivity index (χ0v) is 7.38. The van der Waals surface area contributed by atoms with E-state index in [-0.39, 0.29) is 0 Å². The highest BCUT2D eigenvalue weighted by Crippen LogP contribution is 2.15. The molecule has 0 aromatic heterocycles. The third-order valence-corrected chi connectivity index (χ3v) is 1.93. The Morgan fingerprint density at radius 2 is 2.18 bits per heavy atom. The van der Waals surface area contributed by atoms with Crippen LogP contribution in [0.4, 0.5) is 0 Å². The van der Waals surface area contributed by atoms with Gasteiger partial charge in [0, 0.05) is 0 Å². The van der Waals surface area contributed by atoms with Crippen molar-refractivity contribution in [2.75, 3.05) is 0 Å². The van der Waals surface area contributed by atoms with Gasteiger partial charge in [-0.05, 0) is 19.3 Å². The van der Waals surface area contributed by atoms with E-state index in [0.29, 0.717) is 5.92 Å². The summed E-state index contributed by atoms with van der Waals surface area (Å²) in [4.78, 5) is 0. The van der Waals surface area contributed by atoms with Gasteiger partial charge >= 0.3 is 0 Å². The fourth-order valence-electron chi connectivity index (χ4n) is 1.38. The van der Waals surface area contributed by atoms with Crippen molar-refractivity contribution in [1.29, 1.82) is 0 Å². The predicted octanol–water partition coefficient (Wildman–Crippen LogP) is 3.48. The molecule has 0 bridgehead atoms. The average Bonchev–Trinajstić information content (AvgIpc) is 2.15. The van der Waals surface area contributed by atoms with E-state index in [0.717, 1.165) is 0 Å². The summed E-state index contributed by atoms with van der Waals surface area (Å²) in [5.74, 6) is 0.662. The van der Waals surface area contributed by atoms with Crippen LogP contribution in [0.1, 0.15) is 26.7 Å². The standard InChI is InChI=1S/C11H16/c1-3-6-11-8-5-4-7-10(2)9-11/h4-5,7-9,11H,3,6H2,1-2H3. The molecule has 0 heteroatoms. The maximum absolute atomic E-state index is 2.34. The van der Waals surface area contributed by atoms with Crippen LogP contribution in [0.5, 0.6) is 0 Å². The van der Waals surface area contributed by atoms with E-state index in [2.05, 4.69) is 44.2 Å². The Morgan fingerprint density at radius 3 is 2.91 bits per heavy atom. The lowest BCUT2D eigenvalue weighted by Gasteiger charge is -2.04. The van der Waals surface area contributed by atoms with Crippen LogP contribution in [-0.2, 0) is 0 Å². The van der Waals surface area contributed by atoms with Gasteiger partial charge in [0.1, 0.15) is 0 Å². The van der Waals surface area contributed by atoms with Crippen molar-refractivity contribution in [3.05, 3.63) is 36.0 Å². The first-order valence-corrected chi connectivity index (χ1v) is 4.36. The lowest BCUT2D eigenvalue weighted by Crippen LogP contribution is -1.90. The molecule has 0 radical (unpaired) electrons. The maximum Gasteiger partial charge on any atom is -0.00448 e. The molecule has 1 aliphatic carbocycles. The topological polar surface area (TPSA) is 0 Å². The van der Waals surface area contributed by atoms with Crippen LogP contribution in [-0.4, -0.2) is 0 Å². The number of allylic oxidation sites excluding steroid dienone is 6. The van der Waals surface area contributed by atoms with Gasteiger partial charge < -0.3 is 0 Å². The Morgan fingerprint density at radius 1 is 1.36 bits per heavy atom. The van der Waals surface area contributed by atoms with Crippen molar-refractivity contribution in [3.63, 3.8) is 0 Å². The van der Waals surface area contributed by atoms with Crippen LogP contribution >= 0.6 is 0 Å². The van der Waals surface area contributed by atoms with Gasteiger partial charge in [0.2, 0.25) is 0 Å². The minimum Gasteiger partial charge on any atom is -0.0776 e. The van der Waals surface area contributed by atoms with E-state index in [1.54, 1.807) is 0 Å². The highest BCUT2D eigenvalue weighted by Gasteiger charge is 2.00. The number of hydrogen-bond acceptors (Lipinski definition) is 0. The summed E-state index contributed by atoms with van der Waals surface area (Å²) in [5.41, 5.74) is 1.38. The molecule has 0 saturated heterocycles. The molecule has 11 heavy (non-hydrogen) atoms. The van der Waals surface area contributed by atoms with Gasteiger partial charge in [-0.3, -0.25) is 0 Å². The molecule has 0 heterocycles. The molecule has 1 atom stereocenters. The molecule has 0 saturated carbocycles. The zero-order valence-electron chi connectivity index (χ0n) is 7.38. The summed E-state index contributed by atoms with van der Waals surface area (Å²) in [6.45, 7) is 4.39. The second-order valence-corrected chi connectivity index (χ2v) is 3.11. The van der Waals surface area contributed by atoms with E-state index in [4.69, 9.17) is 0 Å². The van der Waals surface area contributed by atoms with Crippen molar-refractivity contribution in [1.82, 2.24) is 0 Å². The van der Waals surface area contributed by atoms with E-state index in [9.17, 15) is 0 Å². The Kier molecular flexibility index (Phi) is 3.15. The van der Waals surface area contributed by atoms with Crippen molar-refractivity contribution >= 4 is 0 Å². The van der Waals surface area contributed by atoms with E-state index in [1.807, 2.05) is 0 Å². The Bertz CT molecular complexity index is 194. The Labute approximate surface area is 69.3 Å². The summed E-state index contributed by atoms with van der Waals surface area (Å²) in [7, 11) is 0. The predicted molar refractivity (Wildman–Crippen MR) is 50.4 cm³/mol. The summed E-state index contributed by atoms with van der Waals surface area (Å²) in [6, 6.07) is 0. The van der Waals surface area contributed by atoms with Crippen molar-refractivity contribution in [2.24, 2.45) is 5.92 Å². The third-order valence-electron chi connectivity index (χ3n) is 1.93. The summed E-state index contributed by atoms with van der Waals surface area (Å²) in [6.07, 6.45) is 13.6. The molecule has 0 spiro atoms. The van der Waals surface area contributed by atoms with Gasteiger partial charge in [0.25, 0.3) is 0 Å². The summed E-state index contributed by atoms with van der Waals surface area (Å²) < 4.78 is 0. The van der Waals surface area contributed by atoms with Crippen molar-refractivity contribution in [3.8, 4) is 0 Å². The lowest BCUT2D eigenvalue weighted by molar-refractivity contribution is 0.689. The van der Waals surface area contributed by atoms with Gasteiger partial charge in [-0.1, -0.05) is 49.3 Å². The van der Waals surface area contributed by atoms with Crippen molar-refractivity contribution < 1.29 is 0 Å². The smallest absolute Gasteiger partial charge is 0.00448 e. The molecule has 0 N–H and O–H groups in total. The highest BCUT2D eigenvalue weighted by molar-refractivity contribution is 5.26. The van der Waals surface area contributed by atoms with Crippen LogP contribution in [0.15, 0.2) is 36.0 Å². The monoisotopic (exact) mass is 148 g/mol. The Hall–Kier alpha value is -0.780. The second-order valence-electron chi connectivity index (χ2n) is 3.11. The summed E-state index contributed by atoms with van der Waals surface area (Å²) in [5, 5.41) is 0. The van der Waals surface area contributed by atoms with Gasteiger partial charge in [-0.25, -0.2) is 0 Å². The second kappa shape index (κ2) is 4.17. The SMILES string of the molecule is CCCC1C=CC=CC(C)=C1. The van der Waals surface area contributed by atoms with Crippen LogP contribution in [0, 0.1) is 5.92 Å². The lowest BCUT2D eigenvalue weighted by atomic mass is 10.0. The molecular formula is C11H16. The quantitative estimate of drug-likeness (QED) is 0.562. The molecule has 1 aliphatic rings. The number of rotatable bonds is 2. The molecule has 1 unspecified atom stereocenters. The molecular weight excluding hydrogens is 132 g/mol. The average molecular weight is 148 g/mol. The first kappa shape index (κ1) is 8.32. The molecule has 0 nitrogen and oxygen atoms in total. The molecule has 0 fully saturated rings. The highest BCUT2D eigenvalue weighted by atomic mass is 14.1. The van der Waals surface area contributed by atoms with E-state index >= 15 is 0 Å². The van der Waals surface area contributed by atoms with Crippen LogP contribution in [0.3, 0.4) is 0 Å². The zero-order chi connectivity index (χ0) is 8.10. The molecule has 1 rings (SSSR count). The minimum absolute atomic E-state index is 0.662. The first-order valence-electron chi connectivity index (χ1n) is 4.36. The Balaban J connectivity index is 2.61. The van der Waals surface area contributed by atoms with Gasteiger partial charge in [0.15, 0.2) is 0 Å². The largest absolute Gasteiger partial charge is 0.0776 e.